The number of rotatable bonds is 3. The number of benzene rings is 1. The van der Waals surface area contributed by atoms with Crippen molar-refractivity contribution in [2.45, 2.75) is 38.6 Å². The summed E-state index contributed by atoms with van der Waals surface area (Å²) in [5.41, 5.74) is 7.23. The van der Waals surface area contributed by atoms with Crippen LogP contribution in [-0.4, -0.2) is 6.04 Å². The van der Waals surface area contributed by atoms with Gasteiger partial charge in [0.1, 0.15) is 5.82 Å². The average molecular weight is 300 g/mol. The molecule has 1 saturated carbocycles. The molecule has 17 heavy (non-hydrogen) atoms. The summed E-state index contributed by atoms with van der Waals surface area (Å²) in [4.78, 5) is 0. The molecule has 0 aliphatic heterocycles. The monoisotopic (exact) mass is 299 g/mol. The fraction of sp³-hybridized carbons (Fsp3) is 0.571. The first kappa shape index (κ1) is 13.0. The van der Waals surface area contributed by atoms with Crippen LogP contribution in [0.1, 0.15) is 31.7 Å². The molecule has 1 aliphatic carbocycles. The Kier molecular flexibility index (Phi) is 4.21. The zero-order valence-corrected chi connectivity index (χ0v) is 11.7. The van der Waals surface area contributed by atoms with Crippen LogP contribution in [0.4, 0.5) is 4.39 Å². The van der Waals surface area contributed by atoms with Crippen LogP contribution in [0.25, 0.3) is 0 Å². The molecule has 2 rings (SSSR count). The summed E-state index contributed by atoms with van der Waals surface area (Å²) in [6.07, 6.45) is 4.47. The van der Waals surface area contributed by atoms with Crippen LogP contribution in [0, 0.1) is 17.7 Å². The minimum atomic E-state index is -0.200. The highest BCUT2D eigenvalue weighted by Gasteiger charge is 2.27. The van der Waals surface area contributed by atoms with E-state index < -0.39 is 0 Å². The lowest BCUT2D eigenvalue weighted by molar-refractivity contribution is 0.414. The molecule has 1 aromatic rings. The molecule has 0 heterocycles. The normalized spacial score (nSPS) is 26.1. The SMILES string of the molecule is CC1CCC(C(N)Cc2cccc(F)c2Br)C1. The molecule has 1 fully saturated rings. The van der Waals surface area contributed by atoms with Crippen LogP contribution in [-0.2, 0) is 6.42 Å². The Balaban J connectivity index is 2.03. The molecule has 94 valence electrons. The second kappa shape index (κ2) is 5.49. The summed E-state index contributed by atoms with van der Waals surface area (Å²) in [5, 5.41) is 0. The smallest absolute Gasteiger partial charge is 0.137 e. The highest BCUT2D eigenvalue weighted by Crippen LogP contribution is 2.33. The van der Waals surface area contributed by atoms with E-state index in [1.807, 2.05) is 6.07 Å². The molecular formula is C14H19BrFN. The summed E-state index contributed by atoms with van der Waals surface area (Å²) < 4.78 is 14.0. The average Bonchev–Trinajstić information content (AvgIpc) is 2.72. The second-order valence-corrected chi connectivity index (χ2v) is 6.05. The molecule has 1 aromatic carbocycles. The van der Waals surface area contributed by atoms with Crippen molar-refractivity contribution in [3.05, 3.63) is 34.1 Å². The number of nitrogens with two attached hydrogens (primary N) is 1. The van der Waals surface area contributed by atoms with Gasteiger partial charge in [-0.05, 0) is 58.7 Å². The molecule has 3 heteroatoms. The van der Waals surface area contributed by atoms with E-state index in [2.05, 4.69) is 22.9 Å². The quantitative estimate of drug-likeness (QED) is 0.900. The molecule has 0 radical (unpaired) electrons. The summed E-state index contributed by atoms with van der Waals surface area (Å²) in [6.45, 7) is 2.28. The van der Waals surface area contributed by atoms with Crippen molar-refractivity contribution in [3.63, 3.8) is 0 Å². The van der Waals surface area contributed by atoms with Gasteiger partial charge in [-0.15, -0.1) is 0 Å². The maximum absolute atomic E-state index is 13.4. The van der Waals surface area contributed by atoms with Crippen LogP contribution < -0.4 is 5.73 Å². The van der Waals surface area contributed by atoms with Crippen molar-refractivity contribution in [2.75, 3.05) is 0 Å². The molecule has 1 nitrogen and oxygen atoms in total. The van der Waals surface area contributed by atoms with Crippen LogP contribution in [0.2, 0.25) is 0 Å². The molecule has 3 unspecified atom stereocenters. The Labute approximate surface area is 111 Å². The third kappa shape index (κ3) is 3.08. The maximum atomic E-state index is 13.4. The molecule has 0 aromatic heterocycles. The van der Waals surface area contributed by atoms with Crippen LogP contribution in [0.3, 0.4) is 0 Å². The zero-order chi connectivity index (χ0) is 12.4. The Morgan fingerprint density at radius 3 is 2.88 bits per heavy atom. The number of halogens is 2. The molecule has 2 N–H and O–H groups in total. The van der Waals surface area contributed by atoms with E-state index in [-0.39, 0.29) is 11.9 Å². The van der Waals surface area contributed by atoms with Gasteiger partial charge in [0.25, 0.3) is 0 Å². The molecule has 0 amide bonds. The zero-order valence-electron chi connectivity index (χ0n) is 10.1. The largest absolute Gasteiger partial charge is 0.327 e. The Hall–Kier alpha value is -0.410. The lowest BCUT2D eigenvalue weighted by Gasteiger charge is -2.20. The molecular weight excluding hydrogens is 281 g/mol. The molecule has 0 saturated heterocycles. The van der Waals surface area contributed by atoms with Gasteiger partial charge in [0.2, 0.25) is 0 Å². The summed E-state index contributed by atoms with van der Waals surface area (Å²) in [6, 6.07) is 5.32. The number of hydrogen-bond acceptors (Lipinski definition) is 1. The Morgan fingerprint density at radius 2 is 2.24 bits per heavy atom. The minimum Gasteiger partial charge on any atom is -0.327 e. The molecule has 3 atom stereocenters. The Morgan fingerprint density at radius 1 is 1.47 bits per heavy atom. The van der Waals surface area contributed by atoms with Gasteiger partial charge in [-0.3, -0.25) is 0 Å². The summed E-state index contributed by atoms with van der Waals surface area (Å²) >= 11 is 3.30. The third-order valence-electron chi connectivity index (χ3n) is 3.83. The summed E-state index contributed by atoms with van der Waals surface area (Å²) in [7, 11) is 0. The fourth-order valence-electron chi connectivity index (χ4n) is 2.77. The minimum absolute atomic E-state index is 0.151. The van der Waals surface area contributed by atoms with E-state index >= 15 is 0 Å². The third-order valence-corrected chi connectivity index (χ3v) is 4.72. The van der Waals surface area contributed by atoms with Crippen molar-refractivity contribution in [2.24, 2.45) is 17.6 Å². The van der Waals surface area contributed by atoms with Crippen molar-refractivity contribution >= 4 is 15.9 Å². The lowest BCUT2D eigenvalue weighted by atomic mass is 9.92. The van der Waals surface area contributed by atoms with Gasteiger partial charge in [0.15, 0.2) is 0 Å². The van der Waals surface area contributed by atoms with Gasteiger partial charge < -0.3 is 5.73 Å². The van der Waals surface area contributed by atoms with Crippen LogP contribution in [0.5, 0.6) is 0 Å². The fourth-order valence-corrected chi connectivity index (χ4v) is 3.19. The van der Waals surface area contributed by atoms with E-state index in [9.17, 15) is 4.39 Å². The van der Waals surface area contributed by atoms with Crippen LogP contribution >= 0.6 is 15.9 Å². The van der Waals surface area contributed by atoms with Crippen molar-refractivity contribution in [1.82, 2.24) is 0 Å². The van der Waals surface area contributed by atoms with E-state index in [0.29, 0.717) is 10.4 Å². The Bertz CT molecular complexity index is 394. The van der Waals surface area contributed by atoms with Gasteiger partial charge >= 0.3 is 0 Å². The van der Waals surface area contributed by atoms with Gasteiger partial charge in [-0.25, -0.2) is 4.39 Å². The van der Waals surface area contributed by atoms with E-state index in [1.165, 1.54) is 25.3 Å². The van der Waals surface area contributed by atoms with E-state index in [1.54, 1.807) is 6.07 Å². The maximum Gasteiger partial charge on any atom is 0.137 e. The first-order valence-corrected chi connectivity index (χ1v) is 7.05. The number of hydrogen-bond donors (Lipinski definition) is 1. The van der Waals surface area contributed by atoms with Crippen LogP contribution in [0.15, 0.2) is 22.7 Å². The van der Waals surface area contributed by atoms with Gasteiger partial charge in [0, 0.05) is 6.04 Å². The van der Waals surface area contributed by atoms with Gasteiger partial charge in [-0.2, -0.15) is 0 Å². The second-order valence-electron chi connectivity index (χ2n) is 5.26. The first-order valence-electron chi connectivity index (χ1n) is 6.26. The topological polar surface area (TPSA) is 26.0 Å². The molecule has 1 aliphatic rings. The van der Waals surface area contributed by atoms with Crippen molar-refractivity contribution in [1.29, 1.82) is 0 Å². The standard InChI is InChI=1S/C14H19BrFN/c1-9-5-6-10(7-9)13(17)8-11-3-2-4-12(16)14(11)15/h2-4,9-10,13H,5-8,17H2,1H3. The van der Waals surface area contributed by atoms with Gasteiger partial charge in [-0.1, -0.05) is 25.5 Å². The molecule has 0 bridgehead atoms. The summed E-state index contributed by atoms with van der Waals surface area (Å²) in [5.74, 6) is 1.19. The van der Waals surface area contributed by atoms with Crippen molar-refractivity contribution in [3.8, 4) is 0 Å². The van der Waals surface area contributed by atoms with E-state index in [4.69, 9.17) is 5.73 Å². The van der Waals surface area contributed by atoms with E-state index in [0.717, 1.165) is 17.9 Å². The molecule has 0 spiro atoms. The highest BCUT2D eigenvalue weighted by atomic mass is 79.9. The highest BCUT2D eigenvalue weighted by molar-refractivity contribution is 9.10. The lowest BCUT2D eigenvalue weighted by Crippen LogP contribution is -2.31. The van der Waals surface area contributed by atoms with Crippen molar-refractivity contribution < 1.29 is 4.39 Å². The predicted octanol–water partition coefficient (Wildman–Crippen LogP) is 3.89. The first-order chi connectivity index (χ1) is 8.08. The van der Waals surface area contributed by atoms with Gasteiger partial charge in [0.05, 0.1) is 4.47 Å². The predicted molar refractivity (Wildman–Crippen MR) is 72.3 cm³/mol.